The molecular weight excluding hydrogens is 360 g/mol. The van der Waals surface area contributed by atoms with Crippen LogP contribution in [0.25, 0.3) is 0 Å². The van der Waals surface area contributed by atoms with Gasteiger partial charge in [-0.25, -0.2) is 0 Å². The normalized spacial score (nSPS) is 25.2. The topological polar surface area (TPSA) is 48.5 Å². The molecule has 29 heavy (non-hydrogen) atoms. The number of carbonyl (C=O) groups excluding carboxylic acids is 1. The summed E-state index contributed by atoms with van der Waals surface area (Å²) in [5.74, 6) is 1.25. The monoisotopic (exact) mass is 396 g/mol. The molecule has 1 aromatic heterocycles. The minimum absolute atomic E-state index is 0.169. The highest BCUT2D eigenvalue weighted by Crippen LogP contribution is 2.26. The van der Waals surface area contributed by atoms with E-state index in [9.17, 15) is 4.79 Å². The zero-order valence-corrected chi connectivity index (χ0v) is 17.6. The van der Waals surface area contributed by atoms with Crippen LogP contribution in [-0.2, 0) is 11.3 Å². The van der Waals surface area contributed by atoms with Gasteiger partial charge in [0.15, 0.2) is 0 Å². The van der Waals surface area contributed by atoms with E-state index in [0.717, 1.165) is 43.5 Å². The number of rotatable bonds is 6. The molecule has 0 radical (unpaired) electrons. The van der Waals surface area contributed by atoms with Crippen LogP contribution < -0.4 is 5.32 Å². The molecule has 5 heteroatoms. The Morgan fingerprint density at radius 3 is 2.59 bits per heavy atom. The van der Waals surface area contributed by atoms with Crippen molar-refractivity contribution < 1.29 is 4.79 Å². The number of amides is 1. The van der Waals surface area contributed by atoms with E-state index >= 15 is 0 Å². The highest BCUT2D eigenvalue weighted by atomic mass is 16.1. The molecule has 3 aliphatic rings. The quantitative estimate of drug-likeness (QED) is 0.750. The molecule has 3 heterocycles. The summed E-state index contributed by atoms with van der Waals surface area (Å²) in [6, 6.07) is 4.64. The molecule has 0 saturated carbocycles. The van der Waals surface area contributed by atoms with E-state index < -0.39 is 0 Å². The van der Waals surface area contributed by atoms with Crippen molar-refractivity contribution in [2.24, 2.45) is 11.8 Å². The summed E-state index contributed by atoms with van der Waals surface area (Å²) in [5, 5.41) is 3.10. The van der Waals surface area contributed by atoms with Crippen molar-refractivity contribution in [3.05, 3.63) is 42.2 Å². The van der Waals surface area contributed by atoms with Gasteiger partial charge in [0.2, 0.25) is 5.91 Å². The van der Waals surface area contributed by atoms with E-state index in [1.165, 1.54) is 51.7 Å². The lowest BCUT2D eigenvalue weighted by Crippen LogP contribution is -2.49. The Balaban J connectivity index is 1.14. The maximum atomic E-state index is 12.5. The van der Waals surface area contributed by atoms with E-state index in [1.807, 2.05) is 18.3 Å². The molecule has 1 amide bonds. The van der Waals surface area contributed by atoms with Crippen molar-refractivity contribution in [1.82, 2.24) is 20.1 Å². The fraction of sp³-hybridized carbons (Fsp3) is 0.667. The third kappa shape index (κ3) is 5.89. The second-order valence-corrected chi connectivity index (χ2v) is 9.07. The molecule has 1 aliphatic carbocycles. The number of carbonyl (C=O) groups is 1. The second-order valence-electron chi connectivity index (χ2n) is 9.07. The fourth-order valence-electron chi connectivity index (χ4n) is 5.22. The first kappa shape index (κ1) is 20.5. The molecule has 2 saturated heterocycles. The van der Waals surface area contributed by atoms with Crippen LogP contribution in [-0.4, -0.2) is 59.5 Å². The minimum Gasteiger partial charge on any atom is -0.352 e. The lowest BCUT2D eigenvalue weighted by Gasteiger charge is -2.42. The number of likely N-dealkylation sites (tertiary alicyclic amines) is 2. The van der Waals surface area contributed by atoms with Crippen molar-refractivity contribution in [2.45, 2.75) is 57.5 Å². The van der Waals surface area contributed by atoms with E-state index in [4.69, 9.17) is 0 Å². The van der Waals surface area contributed by atoms with Gasteiger partial charge in [0.1, 0.15) is 0 Å². The number of pyridine rings is 1. The van der Waals surface area contributed by atoms with Gasteiger partial charge in [-0.15, -0.1) is 0 Å². The van der Waals surface area contributed by atoms with Gasteiger partial charge in [0.25, 0.3) is 0 Å². The van der Waals surface area contributed by atoms with Gasteiger partial charge in [0, 0.05) is 37.4 Å². The van der Waals surface area contributed by atoms with E-state index in [1.54, 1.807) is 6.20 Å². The average molecular weight is 397 g/mol. The van der Waals surface area contributed by atoms with E-state index in [0.29, 0.717) is 6.54 Å². The zero-order valence-electron chi connectivity index (χ0n) is 17.6. The van der Waals surface area contributed by atoms with Crippen molar-refractivity contribution in [2.75, 3.05) is 32.7 Å². The van der Waals surface area contributed by atoms with E-state index in [-0.39, 0.29) is 11.8 Å². The summed E-state index contributed by atoms with van der Waals surface area (Å²) in [4.78, 5) is 22.0. The molecule has 2 fully saturated rings. The summed E-state index contributed by atoms with van der Waals surface area (Å²) in [5.41, 5.74) is 1.06. The molecule has 4 rings (SSSR count). The first-order valence-electron chi connectivity index (χ1n) is 11.6. The van der Waals surface area contributed by atoms with Crippen LogP contribution >= 0.6 is 0 Å². The van der Waals surface area contributed by atoms with Gasteiger partial charge in [-0.3, -0.25) is 9.78 Å². The number of nitrogens with zero attached hydrogens (tertiary/aromatic N) is 3. The minimum atomic E-state index is 0.169. The van der Waals surface area contributed by atoms with Crippen LogP contribution in [0.1, 0.15) is 50.5 Å². The molecular formula is C24H36N4O. The van der Waals surface area contributed by atoms with Gasteiger partial charge < -0.3 is 15.1 Å². The van der Waals surface area contributed by atoms with E-state index in [2.05, 4.69) is 32.3 Å². The Morgan fingerprint density at radius 2 is 1.90 bits per heavy atom. The van der Waals surface area contributed by atoms with Crippen LogP contribution in [0.2, 0.25) is 0 Å². The number of aromatic nitrogens is 1. The largest absolute Gasteiger partial charge is 0.352 e. The fourth-order valence-corrected chi connectivity index (χ4v) is 5.22. The maximum Gasteiger partial charge on any atom is 0.223 e. The first-order chi connectivity index (χ1) is 14.3. The van der Waals surface area contributed by atoms with Gasteiger partial charge >= 0.3 is 0 Å². The predicted octanol–water partition coefficient (Wildman–Crippen LogP) is 3.23. The summed E-state index contributed by atoms with van der Waals surface area (Å²) in [6.07, 6.45) is 16.8. The van der Waals surface area contributed by atoms with Crippen molar-refractivity contribution in [1.29, 1.82) is 0 Å². The van der Waals surface area contributed by atoms with Crippen LogP contribution in [0.5, 0.6) is 0 Å². The highest BCUT2D eigenvalue weighted by Gasteiger charge is 2.31. The third-order valence-corrected chi connectivity index (χ3v) is 7.06. The number of allylic oxidation sites excluding steroid dienone is 2. The third-order valence-electron chi connectivity index (χ3n) is 7.06. The summed E-state index contributed by atoms with van der Waals surface area (Å²) in [6.45, 7) is 6.51. The molecule has 1 unspecified atom stereocenters. The van der Waals surface area contributed by atoms with Gasteiger partial charge in [0.05, 0.1) is 0 Å². The maximum absolute atomic E-state index is 12.5. The summed E-state index contributed by atoms with van der Waals surface area (Å²) in [7, 11) is 0. The molecule has 0 bridgehead atoms. The van der Waals surface area contributed by atoms with Crippen molar-refractivity contribution in [3.63, 3.8) is 0 Å². The average Bonchev–Trinajstić information content (AvgIpc) is 2.79. The summed E-state index contributed by atoms with van der Waals surface area (Å²) >= 11 is 0. The Hall–Kier alpha value is -1.72. The molecule has 1 atom stereocenters. The van der Waals surface area contributed by atoms with Crippen LogP contribution in [0.15, 0.2) is 36.7 Å². The number of piperidine rings is 2. The van der Waals surface area contributed by atoms with Crippen molar-refractivity contribution >= 4 is 5.91 Å². The van der Waals surface area contributed by atoms with Gasteiger partial charge in [-0.05, 0) is 88.7 Å². The SMILES string of the molecule is O=C(NCc1cccnc1)C1CCN(C2CCN(CC3CC=CCC3)CC2)CC1. The standard InChI is InChI=1S/C24H36N4O/c29-24(26-18-21-7-4-12-25-17-21)22-8-15-28(16-9-22)23-10-13-27(14-11-23)19-20-5-2-1-3-6-20/h1-2,4,7,12,17,20,22-23H,3,5-6,8-11,13-16,18-19H2,(H,26,29). The molecule has 1 N–H and O–H groups in total. The van der Waals surface area contributed by atoms with Gasteiger partial charge in [-0.2, -0.15) is 0 Å². The van der Waals surface area contributed by atoms with Gasteiger partial charge in [-0.1, -0.05) is 18.2 Å². The molecule has 2 aliphatic heterocycles. The Morgan fingerprint density at radius 1 is 1.07 bits per heavy atom. The number of nitrogens with one attached hydrogen (secondary N) is 1. The van der Waals surface area contributed by atoms with Crippen LogP contribution in [0.3, 0.4) is 0 Å². The first-order valence-corrected chi connectivity index (χ1v) is 11.6. The molecule has 5 nitrogen and oxygen atoms in total. The lowest BCUT2D eigenvalue weighted by molar-refractivity contribution is -0.126. The molecule has 0 spiro atoms. The Bertz CT molecular complexity index is 661. The predicted molar refractivity (Wildman–Crippen MR) is 116 cm³/mol. The number of hydrogen-bond acceptors (Lipinski definition) is 4. The zero-order chi connectivity index (χ0) is 19.9. The molecule has 1 aromatic rings. The van der Waals surface area contributed by atoms with Crippen LogP contribution in [0, 0.1) is 11.8 Å². The van der Waals surface area contributed by atoms with Crippen LogP contribution in [0.4, 0.5) is 0 Å². The molecule has 0 aromatic carbocycles. The summed E-state index contributed by atoms with van der Waals surface area (Å²) < 4.78 is 0. The second kappa shape index (κ2) is 10.4. The van der Waals surface area contributed by atoms with Crippen molar-refractivity contribution in [3.8, 4) is 0 Å². The Kier molecular flexibility index (Phi) is 7.33. The number of hydrogen-bond donors (Lipinski definition) is 1. The lowest BCUT2D eigenvalue weighted by atomic mass is 9.91. The highest BCUT2D eigenvalue weighted by molar-refractivity contribution is 5.78. The smallest absolute Gasteiger partial charge is 0.223 e. The Labute approximate surface area is 175 Å². The molecule has 158 valence electrons.